The lowest BCUT2D eigenvalue weighted by Gasteiger charge is -2.48. The average Bonchev–Trinajstić information content (AvgIpc) is 3.02. The molecule has 0 aliphatic carbocycles. The van der Waals surface area contributed by atoms with Crippen LogP contribution in [0.4, 0.5) is 0 Å². The van der Waals surface area contributed by atoms with Crippen molar-refractivity contribution in [3.05, 3.63) is 17.7 Å². The number of methoxy groups -OCH3 is 1. The van der Waals surface area contributed by atoms with Crippen molar-refractivity contribution in [2.45, 2.75) is 32.6 Å². The second-order valence-corrected chi connectivity index (χ2v) is 7.05. The lowest BCUT2D eigenvalue weighted by molar-refractivity contribution is -0.139. The van der Waals surface area contributed by atoms with E-state index in [-0.39, 0.29) is 17.2 Å². The van der Waals surface area contributed by atoms with Gasteiger partial charge in [-0.15, -0.1) is 0 Å². The molecule has 1 N–H and O–H groups in total. The van der Waals surface area contributed by atoms with Crippen molar-refractivity contribution < 1.29 is 14.3 Å². The SMILES string of the molecule is COCCN1C[C@@]2(CCCN(C(=O)c3ncc(C)[nH]3)C2)CCC1=O. The van der Waals surface area contributed by atoms with Crippen molar-refractivity contribution in [3.8, 4) is 0 Å². The first-order valence-electron chi connectivity index (χ1n) is 8.61. The Labute approximate surface area is 142 Å². The number of carbonyl (C=O) groups excluding carboxylic acids is 2. The van der Waals surface area contributed by atoms with Crippen LogP contribution in [0.2, 0.25) is 0 Å². The number of aryl methyl sites for hydroxylation is 1. The summed E-state index contributed by atoms with van der Waals surface area (Å²) in [4.78, 5) is 35.8. The van der Waals surface area contributed by atoms with Crippen LogP contribution in [0, 0.1) is 12.3 Å². The summed E-state index contributed by atoms with van der Waals surface area (Å²) in [6.07, 6.45) is 5.13. The van der Waals surface area contributed by atoms with Crippen LogP contribution in [-0.2, 0) is 9.53 Å². The summed E-state index contributed by atoms with van der Waals surface area (Å²) in [6, 6.07) is 0. The molecule has 0 radical (unpaired) electrons. The molecular weight excluding hydrogens is 308 g/mol. The Morgan fingerprint density at radius 2 is 2.25 bits per heavy atom. The zero-order valence-corrected chi connectivity index (χ0v) is 14.5. The van der Waals surface area contributed by atoms with Crippen LogP contribution >= 0.6 is 0 Å². The Hall–Kier alpha value is -1.89. The number of nitrogens with zero attached hydrogens (tertiary/aromatic N) is 3. The molecule has 1 aromatic heterocycles. The van der Waals surface area contributed by atoms with Crippen LogP contribution in [0.1, 0.15) is 42.0 Å². The summed E-state index contributed by atoms with van der Waals surface area (Å²) < 4.78 is 5.12. The van der Waals surface area contributed by atoms with Gasteiger partial charge in [-0.3, -0.25) is 9.59 Å². The first-order chi connectivity index (χ1) is 11.5. The fraction of sp³-hybridized carbons (Fsp3) is 0.706. The first-order valence-corrected chi connectivity index (χ1v) is 8.61. The monoisotopic (exact) mass is 334 g/mol. The molecule has 1 aromatic rings. The van der Waals surface area contributed by atoms with Gasteiger partial charge in [0.2, 0.25) is 5.91 Å². The van der Waals surface area contributed by atoms with Crippen LogP contribution < -0.4 is 0 Å². The Morgan fingerprint density at radius 3 is 2.96 bits per heavy atom. The average molecular weight is 334 g/mol. The van der Waals surface area contributed by atoms with Crippen LogP contribution in [0.3, 0.4) is 0 Å². The fourth-order valence-electron chi connectivity index (χ4n) is 3.89. The maximum absolute atomic E-state index is 12.7. The van der Waals surface area contributed by atoms with E-state index in [0.29, 0.717) is 31.9 Å². The van der Waals surface area contributed by atoms with E-state index in [1.54, 1.807) is 13.3 Å². The number of aromatic nitrogens is 2. The summed E-state index contributed by atoms with van der Waals surface area (Å²) >= 11 is 0. The quantitative estimate of drug-likeness (QED) is 0.898. The first kappa shape index (κ1) is 17.0. The summed E-state index contributed by atoms with van der Waals surface area (Å²) in [5.74, 6) is 0.568. The van der Waals surface area contributed by atoms with Gasteiger partial charge in [0.15, 0.2) is 5.82 Å². The highest BCUT2D eigenvalue weighted by Crippen LogP contribution is 2.39. The molecule has 3 rings (SSSR count). The van der Waals surface area contributed by atoms with Gasteiger partial charge in [0.25, 0.3) is 5.91 Å². The third-order valence-electron chi connectivity index (χ3n) is 5.17. The van der Waals surface area contributed by atoms with Gasteiger partial charge in [0.05, 0.1) is 6.61 Å². The van der Waals surface area contributed by atoms with E-state index in [1.165, 1.54) is 0 Å². The Kier molecular flexibility index (Phi) is 4.89. The number of hydrogen-bond donors (Lipinski definition) is 1. The van der Waals surface area contributed by atoms with Crippen LogP contribution in [0.25, 0.3) is 0 Å². The second-order valence-electron chi connectivity index (χ2n) is 7.05. The van der Waals surface area contributed by atoms with Crippen LogP contribution in [0.15, 0.2) is 6.20 Å². The van der Waals surface area contributed by atoms with Gasteiger partial charge in [0, 0.05) is 57.0 Å². The maximum Gasteiger partial charge on any atom is 0.289 e. The summed E-state index contributed by atoms with van der Waals surface area (Å²) in [5.41, 5.74) is 0.899. The lowest BCUT2D eigenvalue weighted by atomic mass is 9.73. The number of hydrogen-bond acceptors (Lipinski definition) is 4. The zero-order valence-electron chi connectivity index (χ0n) is 14.5. The standard InChI is InChI=1S/C17H26N4O3/c1-13-10-18-15(19-13)16(23)21-7-3-5-17(12-21)6-4-14(22)20(11-17)8-9-24-2/h10H,3-9,11-12H2,1-2H3,(H,18,19)/t17-/m1/s1. The molecule has 0 saturated carbocycles. The molecule has 0 unspecified atom stereocenters. The second kappa shape index (κ2) is 6.93. The minimum absolute atomic E-state index is 0.0111. The van der Waals surface area contributed by atoms with Gasteiger partial charge in [0.1, 0.15) is 0 Å². The summed E-state index contributed by atoms with van der Waals surface area (Å²) in [6.45, 7) is 5.24. The molecule has 1 atom stereocenters. The van der Waals surface area contributed by atoms with Crippen molar-refractivity contribution in [2.24, 2.45) is 5.41 Å². The molecular formula is C17H26N4O3. The highest BCUT2D eigenvalue weighted by molar-refractivity contribution is 5.90. The van der Waals surface area contributed by atoms with Gasteiger partial charge in [-0.05, 0) is 26.2 Å². The van der Waals surface area contributed by atoms with Crippen molar-refractivity contribution in [2.75, 3.05) is 39.9 Å². The summed E-state index contributed by atoms with van der Waals surface area (Å²) in [5, 5.41) is 0. The third kappa shape index (κ3) is 3.45. The predicted octanol–water partition coefficient (Wildman–Crippen LogP) is 1.21. The molecule has 1 spiro atoms. The number of amides is 2. The Morgan fingerprint density at radius 1 is 1.42 bits per heavy atom. The molecule has 7 nitrogen and oxygen atoms in total. The number of rotatable bonds is 4. The number of ether oxygens (including phenoxy) is 1. The third-order valence-corrected chi connectivity index (χ3v) is 5.17. The number of H-pyrrole nitrogens is 1. The van der Waals surface area contributed by atoms with E-state index in [9.17, 15) is 9.59 Å². The highest BCUT2D eigenvalue weighted by Gasteiger charge is 2.42. The molecule has 2 saturated heterocycles. The van der Waals surface area contributed by atoms with Crippen molar-refractivity contribution >= 4 is 11.8 Å². The van der Waals surface area contributed by atoms with Gasteiger partial charge in [-0.2, -0.15) is 0 Å². The number of piperidine rings is 2. The van der Waals surface area contributed by atoms with Crippen molar-refractivity contribution in [1.29, 1.82) is 0 Å². The van der Waals surface area contributed by atoms with Crippen molar-refractivity contribution in [3.63, 3.8) is 0 Å². The van der Waals surface area contributed by atoms with E-state index >= 15 is 0 Å². The predicted molar refractivity (Wildman–Crippen MR) is 88.6 cm³/mol. The molecule has 0 bridgehead atoms. The molecule has 7 heteroatoms. The van der Waals surface area contributed by atoms with Gasteiger partial charge < -0.3 is 19.5 Å². The summed E-state index contributed by atoms with van der Waals surface area (Å²) in [7, 11) is 1.65. The van der Waals surface area contributed by atoms with E-state index in [0.717, 1.165) is 38.0 Å². The molecule has 3 heterocycles. The molecule has 2 amide bonds. The lowest BCUT2D eigenvalue weighted by Crippen LogP contribution is -2.55. The van der Waals surface area contributed by atoms with Crippen LogP contribution in [-0.4, -0.2) is 71.5 Å². The normalized spacial score (nSPS) is 24.7. The number of aromatic amines is 1. The van der Waals surface area contributed by atoms with Gasteiger partial charge in [-0.25, -0.2) is 4.98 Å². The van der Waals surface area contributed by atoms with Gasteiger partial charge in [-0.1, -0.05) is 0 Å². The largest absolute Gasteiger partial charge is 0.383 e. The fourth-order valence-corrected chi connectivity index (χ4v) is 3.89. The van der Waals surface area contributed by atoms with E-state index < -0.39 is 0 Å². The molecule has 2 aliphatic rings. The topological polar surface area (TPSA) is 78.5 Å². The maximum atomic E-state index is 12.7. The number of carbonyl (C=O) groups is 2. The van der Waals surface area contributed by atoms with Crippen LogP contribution in [0.5, 0.6) is 0 Å². The van der Waals surface area contributed by atoms with E-state index in [1.807, 2.05) is 16.7 Å². The smallest absolute Gasteiger partial charge is 0.289 e. The Bertz CT molecular complexity index is 615. The van der Waals surface area contributed by atoms with Crippen molar-refractivity contribution in [1.82, 2.24) is 19.8 Å². The zero-order chi connectivity index (χ0) is 17.2. The highest BCUT2D eigenvalue weighted by atomic mass is 16.5. The molecule has 0 aromatic carbocycles. The number of likely N-dealkylation sites (tertiary alicyclic amines) is 2. The minimum atomic E-state index is -0.0393. The molecule has 24 heavy (non-hydrogen) atoms. The van der Waals surface area contributed by atoms with E-state index in [4.69, 9.17) is 4.74 Å². The molecule has 132 valence electrons. The molecule has 2 aliphatic heterocycles. The Balaban J connectivity index is 1.69. The number of nitrogens with one attached hydrogen (secondary N) is 1. The minimum Gasteiger partial charge on any atom is -0.383 e. The van der Waals surface area contributed by atoms with E-state index in [2.05, 4.69) is 9.97 Å². The molecule has 2 fully saturated rings. The number of imidazole rings is 1. The van der Waals surface area contributed by atoms with Gasteiger partial charge >= 0.3 is 0 Å².